The van der Waals surface area contributed by atoms with Gasteiger partial charge in [0.25, 0.3) is 0 Å². The summed E-state index contributed by atoms with van der Waals surface area (Å²) in [6, 6.07) is 2.75. The molecule has 1 unspecified atom stereocenters. The van der Waals surface area contributed by atoms with Crippen LogP contribution in [0, 0.1) is 11.2 Å². The van der Waals surface area contributed by atoms with Gasteiger partial charge in [-0.2, -0.15) is 0 Å². The largest absolute Gasteiger partial charge is 0.322 e. The third-order valence-electron chi connectivity index (χ3n) is 3.02. The molecule has 18 heavy (non-hydrogen) atoms. The predicted molar refractivity (Wildman–Crippen MR) is 76.6 cm³/mol. The fraction of sp³-hybridized carbons (Fsp3) is 0.571. The summed E-state index contributed by atoms with van der Waals surface area (Å²) in [5.74, 6) is -0.483. The molecule has 1 nitrogen and oxygen atoms in total. The smallest absolute Gasteiger partial charge is 0.142 e. The van der Waals surface area contributed by atoms with Crippen LogP contribution in [0.5, 0.6) is 0 Å². The summed E-state index contributed by atoms with van der Waals surface area (Å²) in [7, 11) is 0. The minimum absolute atomic E-state index is 0.0235. The molecule has 0 aliphatic carbocycles. The van der Waals surface area contributed by atoms with Crippen LogP contribution in [0.3, 0.4) is 0 Å². The lowest BCUT2D eigenvalue weighted by Crippen LogP contribution is -2.34. The van der Waals surface area contributed by atoms with E-state index in [0.717, 1.165) is 12.8 Å². The van der Waals surface area contributed by atoms with Gasteiger partial charge in [0, 0.05) is 10.6 Å². The molecular weight excluding hydrogens is 272 g/mol. The molecule has 102 valence electrons. The SMILES string of the molecule is CC(C)(C)CCC(C)(N)c1cc(F)c(Cl)cc1Cl. The molecule has 0 amide bonds. The molecule has 2 N–H and O–H groups in total. The van der Waals surface area contributed by atoms with Crippen LogP contribution in [0.15, 0.2) is 12.1 Å². The molecule has 0 aliphatic heterocycles. The third kappa shape index (κ3) is 4.11. The van der Waals surface area contributed by atoms with Gasteiger partial charge >= 0.3 is 0 Å². The average Bonchev–Trinajstić information content (AvgIpc) is 2.19. The van der Waals surface area contributed by atoms with Crippen LogP contribution in [-0.2, 0) is 5.54 Å². The van der Waals surface area contributed by atoms with Crippen molar-refractivity contribution >= 4 is 23.2 Å². The lowest BCUT2D eigenvalue weighted by Gasteiger charge is -2.30. The van der Waals surface area contributed by atoms with Gasteiger partial charge in [0.05, 0.1) is 5.02 Å². The molecule has 1 rings (SSSR count). The van der Waals surface area contributed by atoms with E-state index in [2.05, 4.69) is 20.8 Å². The van der Waals surface area contributed by atoms with Crippen molar-refractivity contribution in [3.8, 4) is 0 Å². The van der Waals surface area contributed by atoms with E-state index in [1.165, 1.54) is 12.1 Å². The highest BCUT2D eigenvalue weighted by molar-refractivity contribution is 6.35. The van der Waals surface area contributed by atoms with E-state index in [9.17, 15) is 4.39 Å². The highest BCUT2D eigenvalue weighted by atomic mass is 35.5. The lowest BCUT2D eigenvalue weighted by atomic mass is 9.81. The number of hydrogen-bond donors (Lipinski definition) is 1. The summed E-state index contributed by atoms with van der Waals surface area (Å²) >= 11 is 11.8. The van der Waals surface area contributed by atoms with Crippen LogP contribution in [0.2, 0.25) is 10.0 Å². The second-order valence-corrected chi connectivity index (χ2v) is 7.04. The van der Waals surface area contributed by atoms with Gasteiger partial charge < -0.3 is 5.73 Å². The van der Waals surface area contributed by atoms with E-state index >= 15 is 0 Å². The van der Waals surface area contributed by atoms with Gasteiger partial charge in [0.2, 0.25) is 0 Å². The van der Waals surface area contributed by atoms with Crippen LogP contribution in [0.1, 0.15) is 46.1 Å². The first-order chi connectivity index (χ1) is 8.03. The highest BCUT2D eigenvalue weighted by Gasteiger charge is 2.27. The normalized spacial score (nSPS) is 15.6. The Morgan fingerprint density at radius 3 is 2.11 bits per heavy atom. The van der Waals surface area contributed by atoms with Crippen molar-refractivity contribution in [1.29, 1.82) is 0 Å². The molecule has 1 atom stereocenters. The van der Waals surface area contributed by atoms with E-state index in [1.807, 2.05) is 6.92 Å². The van der Waals surface area contributed by atoms with Gasteiger partial charge in [-0.05, 0) is 42.9 Å². The standard InChI is InChI=1S/C14H20Cl2FN/c1-13(2,3)5-6-14(4,18)9-7-12(17)11(16)8-10(9)15/h7-8H,5-6,18H2,1-4H3. The molecule has 1 aromatic carbocycles. The third-order valence-corrected chi connectivity index (χ3v) is 3.62. The first kappa shape index (κ1) is 15.7. The van der Waals surface area contributed by atoms with Crippen LogP contribution >= 0.6 is 23.2 Å². The fourth-order valence-corrected chi connectivity index (χ4v) is 2.33. The zero-order valence-corrected chi connectivity index (χ0v) is 12.8. The van der Waals surface area contributed by atoms with Crippen molar-refractivity contribution in [2.75, 3.05) is 0 Å². The predicted octanol–water partition coefficient (Wildman–Crippen LogP) is 5.13. The topological polar surface area (TPSA) is 26.0 Å². The second kappa shape index (κ2) is 5.36. The Morgan fingerprint density at radius 2 is 1.61 bits per heavy atom. The lowest BCUT2D eigenvalue weighted by molar-refractivity contribution is 0.307. The molecule has 0 aliphatic rings. The van der Waals surface area contributed by atoms with E-state index in [1.54, 1.807) is 0 Å². The zero-order valence-electron chi connectivity index (χ0n) is 11.3. The maximum Gasteiger partial charge on any atom is 0.142 e. The van der Waals surface area contributed by atoms with Crippen molar-refractivity contribution in [2.45, 2.75) is 46.1 Å². The van der Waals surface area contributed by atoms with Crippen molar-refractivity contribution in [3.63, 3.8) is 0 Å². The molecule has 0 saturated carbocycles. The van der Waals surface area contributed by atoms with E-state index in [-0.39, 0.29) is 10.4 Å². The molecule has 0 saturated heterocycles. The Bertz CT molecular complexity index is 436. The number of rotatable bonds is 3. The summed E-state index contributed by atoms with van der Waals surface area (Å²) in [6.45, 7) is 8.31. The minimum atomic E-state index is -0.657. The van der Waals surface area contributed by atoms with Crippen molar-refractivity contribution in [1.82, 2.24) is 0 Å². The first-order valence-electron chi connectivity index (χ1n) is 5.97. The summed E-state index contributed by atoms with van der Waals surface area (Å²) in [5, 5.41) is 0.440. The molecule has 0 radical (unpaired) electrons. The molecule has 0 aromatic heterocycles. The van der Waals surface area contributed by atoms with Crippen molar-refractivity contribution in [2.24, 2.45) is 11.1 Å². The van der Waals surface area contributed by atoms with Crippen molar-refractivity contribution in [3.05, 3.63) is 33.6 Å². The van der Waals surface area contributed by atoms with Crippen LogP contribution in [-0.4, -0.2) is 0 Å². The van der Waals surface area contributed by atoms with Crippen LogP contribution in [0.4, 0.5) is 4.39 Å². The van der Waals surface area contributed by atoms with Gasteiger partial charge in [-0.25, -0.2) is 4.39 Å². The summed E-state index contributed by atoms with van der Waals surface area (Å²) in [4.78, 5) is 0. The summed E-state index contributed by atoms with van der Waals surface area (Å²) in [5.41, 5.74) is 6.40. The monoisotopic (exact) mass is 291 g/mol. The van der Waals surface area contributed by atoms with E-state index in [0.29, 0.717) is 10.6 Å². The molecule has 0 spiro atoms. The number of benzene rings is 1. The Labute approximate surface area is 118 Å². The van der Waals surface area contributed by atoms with Crippen molar-refractivity contribution < 1.29 is 4.39 Å². The maximum absolute atomic E-state index is 13.5. The molecule has 1 aromatic rings. The number of nitrogens with two attached hydrogens (primary N) is 1. The maximum atomic E-state index is 13.5. The van der Waals surface area contributed by atoms with Gasteiger partial charge in [0.15, 0.2) is 0 Å². The Morgan fingerprint density at radius 1 is 1.06 bits per heavy atom. The second-order valence-electron chi connectivity index (χ2n) is 6.22. The number of halogens is 3. The summed E-state index contributed by atoms with van der Waals surface area (Å²) < 4.78 is 13.5. The minimum Gasteiger partial charge on any atom is -0.322 e. The van der Waals surface area contributed by atoms with Crippen LogP contribution < -0.4 is 5.73 Å². The van der Waals surface area contributed by atoms with Gasteiger partial charge in [0.1, 0.15) is 5.82 Å². The molecular formula is C14H20Cl2FN. The van der Waals surface area contributed by atoms with E-state index in [4.69, 9.17) is 28.9 Å². The van der Waals surface area contributed by atoms with Gasteiger partial charge in [-0.3, -0.25) is 0 Å². The Kier molecular flexibility index (Phi) is 4.69. The highest BCUT2D eigenvalue weighted by Crippen LogP contribution is 2.35. The van der Waals surface area contributed by atoms with Crippen LogP contribution in [0.25, 0.3) is 0 Å². The van der Waals surface area contributed by atoms with Gasteiger partial charge in [-0.15, -0.1) is 0 Å². The Balaban J connectivity index is 3.01. The quantitative estimate of drug-likeness (QED) is 0.768. The zero-order chi connectivity index (χ0) is 14.1. The fourth-order valence-electron chi connectivity index (χ4n) is 1.73. The summed E-state index contributed by atoms with van der Waals surface area (Å²) in [6.07, 6.45) is 1.66. The molecule has 4 heteroatoms. The van der Waals surface area contributed by atoms with E-state index < -0.39 is 11.4 Å². The first-order valence-corrected chi connectivity index (χ1v) is 6.72. The average molecular weight is 292 g/mol. The molecule has 0 bridgehead atoms. The Hall–Kier alpha value is -0.310. The van der Waals surface area contributed by atoms with Gasteiger partial charge in [-0.1, -0.05) is 44.0 Å². The number of hydrogen-bond acceptors (Lipinski definition) is 1. The molecule has 0 heterocycles. The molecule has 0 fully saturated rings.